The first kappa shape index (κ1) is 11.6. The third-order valence-corrected chi connectivity index (χ3v) is 1.84. The van der Waals surface area contributed by atoms with Gasteiger partial charge in [-0.1, -0.05) is 0 Å². The molecule has 0 bridgehead atoms. The van der Waals surface area contributed by atoms with Crippen LogP contribution >= 0.6 is 0 Å². The largest absolute Gasteiger partial charge is 0.478 e. The molecule has 1 aromatic rings. The van der Waals surface area contributed by atoms with Gasteiger partial charge in [0.05, 0.1) is 6.61 Å². The van der Waals surface area contributed by atoms with Gasteiger partial charge in [0, 0.05) is 11.3 Å². The molecule has 0 unspecified atom stereocenters. The maximum atomic E-state index is 12.3. The van der Waals surface area contributed by atoms with E-state index in [9.17, 15) is 13.2 Å². The number of aromatic nitrogens is 1. The van der Waals surface area contributed by atoms with Crippen molar-refractivity contribution in [2.45, 2.75) is 20.0 Å². The minimum Gasteiger partial charge on any atom is -0.478 e. The molecular formula is C9H11F3N2O. The summed E-state index contributed by atoms with van der Waals surface area (Å²) in [5.41, 5.74) is 4.84. The Morgan fingerprint density at radius 3 is 2.53 bits per heavy atom. The molecule has 0 radical (unpaired) electrons. The number of pyridine rings is 1. The van der Waals surface area contributed by atoms with Crippen molar-refractivity contribution in [2.75, 3.05) is 12.3 Å². The van der Waals surface area contributed by atoms with E-state index >= 15 is 0 Å². The van der Waals surface area contributed by atoms with Crippen molar-refractivity contribution >= 4 is 5.69 Å². The first-order chi connectivity index (χ1) is 6.86. The van der Waals surface area contributed by atoms with E-state index in [1.54, 1.807) is 13.8 Å². The Kier molecular flexibility index (Phi) is 3.06. The smallest absolute Gasteiger partial charge is 0.433 e. The summed E-state index contributed by atoms with van der Waals surface area (Å²) in [5.74, 6) is -0.0650. The van der Waals surface area contributed by atoms with E-state index < -0.39 is 11.9 Å². The van der Waals surface area contributed by atoms with Crippen LogP contribution in [0.15, 0.2) is 6.07 Å². The van der Waals surface area contributed by atoms with Crippen LogP contribution in [-0.4, -0.2) is 11.6 Å². The summed E-state index contributed by atoms with van der Waals surface area (Å²) in [6, 6.07) is 0.803. The van der Waals surface area contributed by atoms with Crippen molar-refractivity contribution in [3.63, 3.8) is 0 Å². The number of hydrogen-bond donors (Lipinski definition) is 1. The zero-order valence-corrected chi connectivity index (χ0v) is 8.35. The van der Waals surface area contributed by atoms with Crippen molar-refractivity contribution in [3.05, 3.63) is 17.3 Å². The predicted molar refractivity (Wildman–Crippen MR) is 49.6 cm³/mol. The number of nitrogen functional groups attached to an aromatic ring is 1. The Morgan fingerprint density at radius 2 is 2.07 bits per heavy atom. The van der Waals surface area contributed by atoms with Crippen molar-refractivity contribution in [1.29, 1.82) is 0 Å². The Labute approximate surface area is 85.1 Å². The van der Waals surface area contributed by atoms with E-state index in [2.05, 4.69) is 4.98 Å². The van der Waals surface area contributed by atoms with E-state index in [1.807, 2.05) is 0 Å². The normalized spacial score (nSPS) is 11.5. The van der Waals surface area contributed by atoms with Crippen molar-refractivity contribution in [3.8, 4) is 5.88 Å². The fourth-order valence-corrected chi connectivity index (χ4v) is 1.03. The number of hydrogen-bond acceptors (Lipinski definition) is 3. The lowest BCUT2D eigenvalue weighted by Crippen LogP contribution is -2.11. The highest BCUT2D eigenvalue weighted by Crippen LogP contribution is 2.32. The van der Waals surface area contributed by atoms with Crippen molar-refractivity contribution in [1.82, 2.24) is 4.98 Å². The molecule has 84 valence electrons. The summed E-state index contributed by atoms with van der Waals surface area (Å²) in [6.45, 7) is 3.47. The van der Waals surface area contributed by atoms with Gasteiger partial charge in [0.1, 0.15) is 0 Å². The highest BCUT2D eigenvalue weighted by atomic mass is 19.4. The molecular weight excluding hydrogens is 209 g/mol. The summed E-state index contributed by atoms with van der Waals surface area (Å²) in [7, 11) is 0. The molecule has 0 spiro atoms. The standard InChI is InChI=1S/C9H11F3N2O/c1-3-15-8-5(2)6(13)4-7(14-8)9(10,11)12/h4H,3H2,1-2H3,(H2,13,14). The Morgan fingerprint density at radius 1 is 1.47 bits per heavy atom. The van der Waals surface area contributed by atoms with Gasteiger partial charge < -0.3 is 10.5 Å². The maximum absolute atomic E-state index is 12.3. The van der Waals surface area contributed by atoms with Crippen LogP contribution < -0.4 is 10.5 Å². The fourth-order valence-electron chi connectivity index (χ4n) is 1.03. The predicted octanol–water partition coefficient (Wildman–Crippen LogP) is 2.39. The molecule has 1 rings (SSSR count). The van der Waals surface area contributed by atoms with Gasteiger partial charge in [0.15, 0.2) is 5.69 Å². The maximum Gasteiger partial charge on any atom is 0.433 e. The van der Waals surface area contributed by atoms with Gasteiger partial charge in [-0.3, -0.25) is 0 Å². The summed E-state index contributed by atoms with van der Waals surface area (Å²) >= 11 is 0. The summed E-state index contributed by atoms with van der Waals surface area (Å²) in [6.07, 6.45) is -4.51. The topological polar surface area (TPSA) is 48.1 Å². The summed E-state index contributed by atoms with van der Waals surface area (Å²) < 4.78 is 42.0. The van der Waals surface area contributed by atoms with Crippen LogP contribution in [0, 0.1) is 6.92 Å². The minimum atomic E-state index is -4.51. The number of rotatable bonds is 2. The van der Waals surface area contributed by atoms with Gasteiger partial charge in [0.2, 0.25) is 5.88 Å². The Hall–Kier alpha value is -1.46. The van der Waals surface area contributed by atoms with E-state index in [1.165, 1.54) is 0 Å². The van der Waals surface area contributed by atoms with Crippen LogP contribution in [0.25, 0.3) is 0 Å². The van der Waals surface area contributed by atoms with Crippen LogP contribution in [0.4, 0.5) is 18.9 Å². The molecule has 0 saturated carbocycles. The molecule has 0 aromatic carbocycles. The van der Waals surface area contributed by atoms with Crippen LogP contribution in [0.3, 0.4) is 0 Å². The first-order valence-electron chi connectivity index (χ1n) is 4.33. The van der Waals surface area contributed by atoms with Gasteiger partial charge >= 0.3 is 6.18 Å². The molecule has 0 aliphatic carbocycles. The number of nitrogens with zero attached hydrogens (tertiary/aromatic N) is 1. The monoisotopic (exact) mass is 220 g/mol. The molecule has 15 heavy (non-hydrogen) atoms. The first-order valence-corrected chi connectivity index (χ1v) is 4.33. The molecule has 3 nitrogen and oxygen atoms in total. The molecule has 2 N–H and O–H groups in total. The highest BCUT2D eigenvalue weighted by Gasteiger charge is 2.33. The lowest BCUT2D eigenvalue weighted by atomic mass is 10.2. The van der Waals surface area contributed by atoms with Crippen LogP contribution in [0.5, 0.6) is 5.88 Å². The van der Waals surface area contributed by atoms with E-state index in [4.69, 9.17) is 10.5 Å². The summed E-state index contributed by atoms with van der Waals surface area (Å²) in [4.78, 5) is 3.37. The molecule has 1 heterocycles. The molecule has 0 aliphatic rings. The zero-order chi connectivity index (χ0) is 11.6. The molecule has 0 saturated heterocycles. The Bertz CT molecular complexity index is 363. The minimum absolute atomic E-state index is 0.0285. The van der Waals surface area contributed by atoms with E-state index in [0.29, 0.717) is 5.56 Å². The van der Waals surface area contributed by atoms with E-state index in [0.717, 1.165) is 6.07 Å². The molecule has 0 aliphatic heterocycles. The zero-order valence-electron chi connectivity index (χ0n) is 8.35. The molecule has 0 fully saturated rings. The lowest BCUT2D eigenvalue weighted by molar-refractivity contribution is -0.141. The van der Waals surface area contributed by atoms with Crippen LogP contribution in [0.1, 0.15) is 18.2 Å². The van der Waals surface area contributed by atoms with Crippen molar-refractivity contribution < 1.29 is 17.9 Å². The van der Waals surface area contributed by atoms with E-state index in [-0.39, 0.29) is 18.2 Å². The van der Waals surface area contributed by atoms with Gasteiger partial charge in [-0.15, -0.1) is 0 Å². The van der Waals surface area contributed by atoms with Crippen molar-refractivity contribution in [2.24, 2.45) is 0 Å². The van der Waals surface area contributed by atoms with Crippen LogP contribution in [-0.2, 0) is 6.18 Å². The van der Waals surface area contributed by atoms with Gasteiger partial charge in [-0.25, -0.2) is 4.98 Å². The average molecular weight is 220 g/mol. The second-order valence-electron chi connectivity index (χ2n) is 2.96. The fraction of sp³-hybridized carbons (Fsp3) is 0.444. The molecule has 1 aromatic heterocycles. The number of nitrogens with two attached hydrogens (primary N) is 1. The Balaban J connectivity index is 3.23. The van der Waals surface area contributed by atoms with Gasteiger partial charge in [-0.2, -0.15) is 13.2 Å². The highest BCUT2D eigenvalue weighted by molar-refractivity contribution is 5.52. The second-order valence-corrected chi connectivity index (χ2v) is 2.96. The third-order valence-electron chi connectivity index (χ3n) is 1.84. The van der Waals surface area contributed by atoms with Crippen LogP contribution in [0.2, 0.25) is 0 Å². The quantitative estimate of drug-likeness (QED) is 0.832. The SMILES string of the molecule is CCOc1nc(C(F)(F)F)cc(N)c1C. The lowest BCUT2D eigenvalue weighted by Gasteiger charge is -2.12. The van der Waals surface area contributed by atoms with Gasteiger partial charge in [0.25, 0.3) is 0 Å². The third kappa shape index (κ3) is 2.51. The number of ether oxygens (including phenoxy) is 1. The van der Waals surface area contributed by atoms with Gasteiger partial charge in [-0.05, 0) is 19.9 Å². The molecule has 6 heteroatoms. The number of alkyl halides is 3. The number of halogens is 3. The average Bonchev–Trinajstić information content (AvgIpc) is 2.11. The second kappa shape index (κ2) is 3.96. The summed E-state index contributed by atoms with van der Waals surface area (Å²) in [5, 5.41) is 0. The molecule has 0 amide bonds. The number of anilines is 1. The molecule has 0 atom stereocenters.